The summed E-state index contributed by atoms with van der Waals surface area (Å²) < 4.78 is 11.0. The van der Waals surface area contributed by atoms with Crippen LogP contribution in [-0.4, -0.2) is 30.3 Å². The molecule has 1 rings (SSSR count). The summed E-state index contributed by atoms with van der Waals surface area (Å²) >= 11 is 3.31. The van der Waals surface area contributed by atoms with Crippen LogP contribution in [0.15, 0.2) is 28.7 Å². The molecule has 0 fully saturated rings. The van der Waals surface area contributed by atoms with Gasteiger partial charge in [-0.15, -0.1) is 0 Å². The number of carboxylic acid groups (broad SMARTS) is 1. The van der Waals surface area contributed by atoms with Crippen LogP contribution in [0.3, 0.4) is 0 Å². The van der Waals surface area contributed by atoms with E-state index in [4.69, 9.17) is 14.6 Å². The van der Waals surface area contributed by atoms with E-state index in [2.05, 4.69) is 15.9 Å². The van der Waals surface area contributed by atoms with Crippen molar-refractivity contribution < 1.29 is 24.2 Å². The highest BCUT2D eigenvalue weighted by Crippen LogP contribution is 2.26. The molecular formula is C15H17BrO5. The fourth-order valence-corrected chi connectivity index (χ4v) is 1.92. The molecule has 114 valence electrons. The van der Waals surface area contributed by atoms with Gasteiger partial charge in [-0.1, -0.05) is 19.4 Å². The Morgan fingerprint density at radius 1 is 1.38 bits per heavy atom. The molecule has 0 aromatic heterocycles. The fraction of sp³-hybridized carbons (Fsp3) is 0.333. The summed E-state index contributed by atoms with van der Waals surface area (Å²) in [5.41, 5.74) is 0.710. The lowest BCUT2D eigenvalue weighted by Gasteiger charge is -2.08. The highest BCUT2D eigenvalue weighted by atomic mass is 79.9. The van der Waals surface area contributed by atoms with E-state index >= 15 is 0 Å². The summed E-state index contributed by atoms with van der Waals surface area (Å²) in [5, 5.41) is 8.56. The molecule has 0 saturated heterocycles. The highest BCUT2D eigenvalue weighted by Gasteiger charge is 2.07. The van der Waals surface area contributed by atoms with Gasteiger partial charge in [0.1, 0.15) is 5.75 Å². The number of carbonyl (C=O) groups is 2. The first kappa shape index (κ1) is 17.2. The maximum Gasteiger partial charge on any atom is 0.344 e. The maximum atomic E-state index is 11.4. The van der Waals surface area contributed by atoms with E-state index in [0.717, 1.165) is 18.9 Å². The van der Waals surface area contributed by atoms with Crippen molar-refractivity contribution in [3.8, 4) is 5.75 Å². The van der Waals surface area contributed by atoms with Crippen molar-refractivity contribution in [3.63, 3.8) is 0 Å². The van der Waals surface area contributed by atoms with Crippen molar-refractivity contribution in [2.45, 2.75) is 19.8 Å². The summed E-state index contributed by atoms with van der Waals surface area (Å²) in [7, 11) is 0. The molecule has 0 bridgehead atoms. The van der Waals surface area contributed by atoms with Gasteiger partial charge in [-0.3, -0.25) is 0 Å². The van der Waals surface area contributed by atoms with Gasteiger partial charge in [0.25, 0.3) is 0 Å². The molecule has 0 aliphatic heterocycles. The Morgan fingerprint density at radius 2 is 2.14 bits per heavy atom. The first-order valence-electron chi connectivity index (χ1n) is 6.52. The van der Waals surface area contributed by atoms with Gasteiger partial charge in [0.2, 0.25) is 0 Å². The molecule has 0 spiro atoms. The van der Waals surface area contributed by atoms with Gasteiger partial charge < -0.3 is 14.6 Å². The maximum absolute atomic E-state index is 11.4. The predicted molar refractivity (Wildman–Crippen MR) is 82.2 cm³/mol. The van der Waals surface area contributed by atoms with Gasteiger partial charge in [0.15, 0.2) is 6.61 Å². The van der Waals surface area contributed by atoms with Crippen LogP contribution in [0.4, 0.5) is 0 Å². The second-order valence-corrected chi connectivity index (χ2v) is 5.08. The van der Waals surface area contributed by atoms with Crippen LogP contribution in [0.5, 0.6) is 5.75 Å². The van der Waals surface area contributed by atoms with Crippen molar-refractivity contribution in [2.75, 3.05) is 13.2 Å². The number of hydrogen-bond acceptors (Lipinski definition) is 4. The van der Waals surface area contributed by atoms with E-state index in [-0.39, 0.29) is 6.61 Å². The number of unbranched alkanes of at least 4 members (excludes halogenated alkanes) is 1. The smallest absolute Gasteiger partial charge is 0.344 e. The Hall–Kier alpha value is -1.82. The molecule has 5 nitrogen and oxygen atoms in total. The lowest BCUT2D eigenvalue weighted by atomic mass is 10.2. The number of rotatable bonds is 8. The third kappa shape index (κ3) is 6.94. The number of benzene rings is 1. The quantitative estimate of drug-likeness (QED) is 0.439. The molecule has 0 aliphatic carbocycles. The van der Waals surface area contributed by atoms with Crippen LogP contribution in [0.2, 0.25) is 0 Å². The minimum Gasteiger partial charge on any atom is -0.481 e. The van der Waals surface area contributed by atoms with E-state index in [1.807, 2.05) is 6.92 Å². The first-order chi connectivity index (χ1) is 10.0. The van der Waals surface area contributed by atoms with Crippen LogP contribution < -0.4 is 4.74 Å². The van der Waals surface area contributed by atoms with E-state index in [1.54, 1.807) is 18.2 Å². The zero-order chi connectivity index (χ0) is 15.7. The third-order valence-electron chi connectivity index (χ3n) is 2.48. The lowest BCUT2D eigenvalue weighted by molar-refractivity contribution is -0.146. The van der Waals surface area contributed by atoms with Crippen LogP contribution in [0, 0.1) is 0 Å². The van der Waals surface area contributed by atoms with Gasteiger partial charge in [-0.05, 0) is 46.1 Å². The Morgan fingerprint density at radius 3 is 2.76 bits per heavy atom. The molecule has 0 aliphatic rings. The molecule has 0 unspecified atom stereocenters. The number of ether oxygens (including phenoxy) is 2. The van der Waals surface area contributed by atoms with Crippen molar-refractivity contribution in [1.82, 2.24) is 0 Å². The Balaban J connectivity index is 2.53. The summed E-state index contributed by atoms with van der Waals surface area (Å²) in [6, 6.07) is 5.06. The number of esters is 1. The van der Waals surface area contributed by atoms with Crippen LogP contribution in [0.25, 0.3) is 6.08 Å². The average Bonchev–Trinajstić information content (AvgIpc) is 2.44. The SMILES string of the molecule is CCCCOC(=O)COc1ccc(C=CC(=O)O)cc1Br. The zero-order valence-electron chi connectivity index (χ0n) is 11.7. The summed E-state index contributed by atoms with van der Waals surface area (Å²) in [6.45, 7) is 2.26. The van der Waals surface area contributed by atoms with E-state index in [9.17, 15) is 9.59 Å². The predicted octanol–water partition coefficient (Wildman–Crippen LogP) is 3.27. The van der Waals surface area contributed by atoms with Crippen molar-refractivity contribution in [3.05, 3.63) is 34.3 Å². The second kappa shape index (κ2) is 9.18. The van der Waals surface area contributed by atoms with Crippen LogP contribution >= 0.6 is 15.9 Å². The summed E-state index contributed by atoms with van der Waals surface area (Å²) in [5.74, 6) is -0.929. The molecule has 1 aromatic rings. The van der Waals surface area contributed by atoms with Crippen molar-refractivity contribution in [1.29, 1.82) is 0 Å². The van der Waals surface area contributed by atoms with E-state index in [1.165, 1.54) is 6.08 Å². The Kier molecular flexibility index (Phi) is 7.53. The Labute approximate surface area is 131 Å². The van der Waals surface area contributed by atoms with E-state index < -0.39 is 11.9 Å². The molecule has 21 heavy (non-hydrogen) atoms. The molecule has 0 saturated carbocycles. The molecule has 0 heterocycles. The number of carboxylic acids is 1. The normalized spacial score (nSPS) is 10.6. The molecule has 6 heteroatoms. The van der Waals surface area contributed by atoms with Gasteiger partial charge in [-0.25, -0.2) is 9.59 Å². The second-order valence-electron chi connectivity index (χ2n) is 4.22. The van der Waals surface area contributed by atoms with Gasteiger partial charge in [0, 0.05) is 6.08 Å². The number of carbonyl (C=O) groups excluding carboxylic acids is 1. The molecular weight excluding hydrogens is 340 g/mol. The van der Waals surface area contributed by atoms with Crippen LogP contribution in [-0.2, 0) is 14.3 Å². The van der Waals surface area contributed by atoms with Crippen molar-refractivity contribution in [2.24, 2.45) is 0 Å². The topological polar surface area (TPSA) is 72.8 Å². The standard InChI is InChI=1S/C15H17BrO5/c1-2-3-8-20-15(19)10-21-13-6-4-11(9-12(13)16)5-7-14(17)18/h4-7,9H,2-3,8,10H2,1H3,(H,17,18). The molecule has 0 atom stereocenters. The third-order valence-corrected chi connectivity index (χ3v) is 3.10. The fourth-order valence-electron chi connectivity index (χ4n) is 1.41. The van der Waals surface area contributed by atoms with Gasteiger partial charge >= 0.3 is 11.9 Å². The number of halogens is 1. The zero-order valence-corrected chi connectivity index (χ0v) is 13.3. The summed E-state index contributed by atoms with van der Waals surface area (Å²) in [6.07, 6.45) is 4.31. The first-order valence-corrected chi connectivity index (χ1v) is 7.31. The van der Waals surface area contributed by atoms with E-state index in [0.29, 0.717) is 22.4 Å². The minimum atomic E-state index is -1.01. The van der Waals surface area contributed by atoms with Crippen LogP contribution in [0.1, 0.15) is 25.3 Å². The summed E-state index contributed by atoms with van der Waals surface area (Å²) in [4.78, 5) is 21.8. The van der Waals surface area contributed by atoms with Gasteiger partial charge in [-0.2, -0.15) is 0 Å². The van der Waals surface area contributed by atoms with Crippen molar-refractivity contribution >= 4 is 33.9 Å². The lowest BCUT2D eigenvalue weighted by Crippen LogP contribution is -2.15. The molecule has 0 radical (unpaired) electrons. The average molecular weight is 357 g/mol. The van der Waals surface area contributed by atoms with Gasteiger partial charge in [0.05, 0.1) is 11.1 Å². The largest absolute Gasteiger partial charge is 0.481 e. The number of aliphatic carboxylic acids is 1. The highest BCUT2D eigenvalue weighted by molar-refractivity contribution is 9.10. The monoisotopic (exact) mass is 356 g/mol. The molecule has 1 N–H and O–H groups in total. The minimum absolute atomic E-state index is 0.160. The molecule has 1 aromatic carbocycles. The number of hydrogen-bond donors (Lipinski definition) is 1. The Bertz CT molecular complexity index is 525. The molecule has 0 amide bonds.